The molecule has 2 rings (SSSR count). The van der Waals surface area contributed by atoms with Crippen LogP contribution in [0.25, 0.3) is 0 Å². The van der Waals surface area contributed by atoms with Crippen molar-refractivity contribution in [1.29, 1.82) is 0 Å². The predicted octanol–water partition coefficient (Wildman–Crippen LogP) is 2.83. The van der Waals surface area contributed by atoms with E-state index in [0.29, 0.717) is 24.7 Å². The summed E-state index contributed by atoms with van der Waals surface area (Å²) in [5.74, 6) is 2.42. The number of ketones is 1. The van der Waals surface area contributed by atoms with Gasteiger partial charge in [0.05, 0.1) is 13.7 Å². The summed E-state index contributed by atoms with van der Waals surface area (Å²) in [5, 5.41) is 0. The molecule has 1 aromatic carbocycles. The number of Topliss-reactive ketones (excluding diaryl/α,β-unsaturated/α-hetero) is 1. The van der Waals surface area contributed by atoms with E-state index in [4.69, 9.17) is 9.47 Å². The minimum absolute atomic E-state index is 0.375. The van der Waals surface area contributed by atoms with Crippen molar-refractivity contribution in [2.45, 2.75) is 25.7 Å². The highest BCUT2D eigenvalue weighted by Gasteiger charge is 2.19. The summed E-state index contributed by atoms with van der Waals surface area (Å²) in [7, 11) is 1.64. The summed E-state index contributed by atoms with van der Waals surface area (Å²) < 4.78 is 10.8. The molecule has 0 N–H and O–H groups in total. The maximum absolute atomic E-state index is 11.3. The molecule has 1 fully saturated rings. The maximum atomic E-state index is 11.3. The van der Waals surface area contributed by atoms with Crippen molar-refractivity contribution in [3.8, 4) is 11.5 Å². The standard InChI is InChI=1S/C14H18O3/c1-16-13-5-7-14(8-6-13)17-10-11-3-2-4-12(15)9-11/h5-8,11H,2-4,9-10H2,1H3. The van der Waals surface area contributed by atoms with Crippen LogP contribution in [0, 0.1) is 5.92 Å². The molecule has 0 bridgehead atoms. The Labute approximate surface area is 102 Å². The second-order valence-corrected chi connectivity index (χ2v) is 4.49. The van der Waals surface area contributed by atoms with E-state index in [-0.39, 0.29) is 0 Å². The van der Waals surface area contributed by atoms with E-state index in [1.807, 2.05) is 24.3 Å². The fourth-order valence-corrected chi connectivity index (χ4v) is 2.14. The van der Waals surface area contributed by atoms with Crippen molar-refractivity contribution in [3.63, 3.8) is 0 Å². The van der Waals surface area contributed by atoms with Gasteiger partial charge in [-0.15, -0.1) is 0 Å². The van der Waals surface area contributed by atoms with Crippen LogP contribution in [-0.2, 0) is 4.79 Å². The average Bonchev–Trinajstić information content (AvgIpc) is 2.37. The summed E-state index contributed by atoms with van der Waals surface area (Å²) >= 11 is 0. The molecule has 0 aromatic heterocycles. The molecule has 17 heavy (non-hydrogen) atoms. The SMILES string of the molecule is COc1ccc(OCC2CCCC(=O)C2)cc1. The Hall–Kier alpha value is -1.51. The zero-order valence-corrected chi connectivity index (χ0v) is 10.1. The van der Waals surface area contributed by atoms with Crippen molar-refractivity contribution in [3.05, 3.63) is 24.3 Å². The Morgan fingerprint density at radius 2 is 1.94 bits per heavy atom. The van der Waals surface area contributed by atoms with Crippen molar-refractivity contribution >= 4 is 5.78 Å². The third-order valence-corrected chi connectivity index (χ3v) is 3.13. The second kappa shape index (κ2) is 5.71. The van der Waals surface area contributed by atoms with Crippen LogP contribution in [0.5, 0.6) is 11.5 Å². The van der Waals surface area contributed by atoms with Crippen LogP contribution in [0.1, 0.15) is 25.7 Å². The molecule has 92 valence electrons. The Morgan fingerprint density at radius 3 is 2.59 bits per heavy atom. The number of benzene rings is 1. The van der Waals surface area contributed by atoms with E-state index in [1.165, 1.54) is 0 Å². The van der Waals surface area contributed by atoms with E-state index in [2.05, 4.69) is 0 Å². The number of rotatable bonds is 4. The van der Waals surface area contributed by atoms with Crippen LogP contribution < -0.4 is 9.47 Å². The number of carbonyl (C=O) groups excluding carboxylic acids is 1. The summed E-state index contributed by atoms with van der Waals surface area (Å²) in [6.45, 7) is 0.637. The van der Waals surface area contributed by atoms with Gasteiger partial charge in [0.25, 0.3) is 0 Å². The molecule has 1 unspecified atom stereocenters. The molecule has 1 atom stereocenters. The molecule has 0 radical (unpaired) electrons. The Balaban J connectivity index is 1.82. The van der Waals surface area contributed by atoms with Crippen molar-refractivity contribution in [2.24, 2.45) is 5.92 Å². The topological polar surface area (TPSA) is 35.5 Å². The van der Waals surface area contributed by atoms with E-state index in [0.717, 1.165) is 30.8 Å². The Kier molecular flexibility index (Phi) is 4.02. The molecule has 1 aliphatic carbocycles. The smallest absolute Gasteiger partial charge is 0.133 e. The Bertz CT molecular complexity index is 370. The van der Waals surface area contributed by atoms with Crippen LogP contribution >= 0.6 is 0 Å². The number of hydrogen-bond donors (Lipinski definition) is 0. The van der Waals surface area contributed by atoms with E-state index in [9.17, 15) is 4.79 Å². The normalized spacial score (nSPS) is 20.1. The van der Waals surface area contributed by atoms with Crippen molar-refractivity contribution in [1.82, 2.24) is 0 Å². The van der Waals surface area contributed by atoms with Crippen LogP contribution in [0.15, 0.2) is 24.3 Å². The van der Waals surface area contributed by atoms with Gasteiger partial charge in [-0.25, -0.2) is 0 Å². The number of ether oxygens (including phenoxy) is 2. The molecule has 0 amide bonds. The minimum atomic E-state index is 0.375. The van der Waals surface area contributed by atoms with Crippen LogP contribution in [0.4, 0.5) is 0 Å². The number of methoxy groups -OCH3 is 1. The zero-order valence-electron chi connectivity index (χ0n) is 10.1. The lowest BCUT2D eigenvalue weighted by atomic mass is 9.89. The quantitative estimate of drug-likeness (QED) is 0.803. The molecule has 0 heterocycles. The summed E-state index contributed by atoms with van der Waals surface area (Å²) in [4.78, 5) is 11.3. The van der Waals surface area contributed by atoms with Gasteiger partial charge >= 0.3 is 0 Å². The highest BCUT2D eigenvalue weighted by Crippen LogP contribution is 2.23. The Morgan fingerprint density at radius 1 is 1.24 bits per heavy atom. The first-order valence-corrected chi connectivity index (χ1v) is 6.06. The van der Waals surface area contributed by atoms with Crippen molar-refractivity contribution in [2.75, 3.05) is 13.7 Å². The van der Waals surface area contributed by atoms with Gasteiger partial charge in [-0.3, -0.25) is 4.79 Å². The van der Waals surface area contributed by atoms with Crippen LogP contribution in [0.2, 0.25) is 0 Å². The summed E-state index contributed by atoms with van der Waals surface area (Å²) in [6.07, 6.45) is 3.53. The summed E-state index contributed by atoms with van der Waals surface area (Å²) in [6, 6.07) is 7.54. The molecule has 1 aliphatic rings. The van der Waals surface area contributed by atoms with Gasteiger partial charge in [0.15, 0.2) is 0 Å². The third-order valence-electron chi connectivity index (χ3n) is 3.13. The zero-order chi connectivity index (χ0) is 12.1. The first-order valence-electron chi connectivity index (χ1n) is 6.06. The van der Waals surface area contributed by atoms with E-state index < -0.39 is 0 Å². The van der Waals surface area contributed by atoms with E-state index in [1.54, 1.807) is 7.11 Å². The van der Waals surface area contributed by atoms with Gasteiger partial charge < -0.3 is 9.47 Å². The molecular weight excluding hydrogens is 216 g/mol. The predicted molar refractivity (Wildman–Crippen MR) is 65.5 cm³/mol. The largest absolute Gasteiger partial charge is 0.497 e. The van der Waals surface area contributed by atoms with Crippen molar-refractivity contribution < 1.29 is 14.3 Å². The molecule has 1 saturated carbocycles. The fraction of sp³-hybridized carbons (Fsp3) is 0.500. The highest BCUT2D eigenvalue weighted by atomic mass is 16.5. The molecule has 3 nitrogen and oxygen atoms in total. The van der Waals surface area contributed by atoms with Gasteiger partial charge in [0.2, 0.25) is 0 Å². The fourth-order valence-electron chi connectivity index (χ4n) is 2.14. The highest BCUT2D eigenvalue weighted by molar-refractivity contribution is 5.79. The molecule has 0 spiro atoms. The van der Waals surface area contributed by atoms with Gasteiger partial charge in [-0.05, 0) is 43.0 Å². The van der Waals surface area contributed by atoms with Gasteiger partial charge in [-0.2, -0.15) is 0 Å². The summed E-state index contributed by atoms with van der Waals surface area (Å²) in [5.41, 5.74) is 0. The van der Waals surface area contributed by atoms with Gasteiger partial charge in [0.1, 0.15) is 17.3 Å². The first-order chi connectivity index (χ1) is 8.28. The van der Waals surface area contributed by atoms with Gasteiger partial charge in [-0.1, -0.05) is 0 Å². The molecule has 0 saturated heterocycles. The van der Waals surface area contributed by atoms with Crippen LogP contribution in [0.3, 0.4) is 0 Å². The average molecular weight is 234 g/mol. The molecule has 0 aliphatic heterocycles. The molecule has 1 aromatic rings. The monoisotopic (exact) mass is 234 g/mol. The van der Waals surface area contributed by atoms with Gasteiger partial charge in [0, 0.05) is 12.8 Å². The lowest BCUT2D eigenvalue weighted by Gasteiger charge is -2.20. The lowest BCUT2D eigenvalue weighted by molar-refractivity contribution is -0.121. The van der Waals surface area contributed by atoms with E-state index >= 15 is 0 Å². The molecule has 3 heteroatoms. The second-order valence-electron chi connectivity index (χ2n) is 4.49. The van der Waals surface area contributed by atoms with Crippen LogP contribution in [-0.4, -0.2) is 19.5 Å². The number of hydrogen-bond acceptors (Lipinski definition) is 3. The molecular formula is C14H18O3. The first kappa shape index (κ1) is 12.0. The minimum Gasteiger partial charge on any atom is -0.497 e. The third kappa shape index (κ3) is 3.48. The maximum Gasteiger partial charge on any atom is 0.133 e. The lowest BCUT2D eigenvalue weighted by Crippen LogP contribution is -2.20. The number of carbonyl (C=O) groups is 1.